The van der Waals surface area contributed by atoms with Crippen LogP contribution in [0.2, 0.25) is 0 Å². The van der Waals surface area contributed by atoms with Gasteiger partial charge in [0.2, 0.25) is 5.78 Å². The van der Waals surface area contributed by atoms with E-state index < -0.39 is 23.5 Å². The van der Waals surface area contributed by atoms with Crippen molar-refractivity contribution in [3.8, 4) is 11.5 Å². The summed E-state index contributed by atoms with van der Waals surface area (Å²) in [7, 11) is 5.26. The fourth-order valence-corrected chi connectivity index (χ4v) is 4.32. The Morgan fingerprint density at radius 3 is 2.50 bits per heavy atom. The van der Waals surface area contributed by atoms with Crippen molar-refractivity contribution >= 4 is 11.7 Å². The first kappa shape index (κ1) is 25.1. The Morgan fingerprint density at radius 1 is 1.14 bits per heavy atom. The van der Waals surface area contributed by atoms with Crippen LogP contribution < -0.4 is 9.47 Å². The van der Waals surface area contributed by atoms with Gasteiger partial charge in [0.1, 0.15) is 5.76 Å². The van der Waals surface area contributed by atoms with Crippen LogP contribution in [0.4, 0.5) is 0 Å². The second-order valence-corrected chi connectivity index (χ2v) is 8.68. The molecule has 9 nitrogen and oxygen atoms in total. The molecule has 3 heterocycles. The summed E-state index contributed by atoms with van der Waals surface area (Å²) in [6, 6.07) is 10.7. The van der Waals surface area contributed by atoms with Crippen molar-refractivity contribution in [3.05, 3.63) is 83.4 Å². The number of aliphatic hydroxyl groups excluding tert-OH is 1. The lowest BCUT2D eigenvalue weighted by Gasteiger charge is -2.32. The number of methoxy groups -OCH3 is 1. The Kier molecular flexibility index (Phi) is 7.49. The second-order valence-electron chi connectivity index (χ2n) is 8.68. The maximum atomic E-state index is 13.4. The largest absolute Gasteiger partial charge is 0.503 e. The van der Waals surface area contributed by atoms with Gasteiger partial charge in [0.15, 0.2) is 23.0 Å². The van der Waals surface area contributed by atoms with Crippen molar-refractivity contribution in [1.82, 2.24) is 9.80 Å². The van der Waals surface area contributed by atoms with Gasteiger partial charge in [-0.05, 0) is 62.5 Å². The first-order valence-corrected chi connectivity index (χ1v) is 11.7. The summed E-state index contributed by atoms with van der Waals surface area (Å²) in [6.45, 7) is 2.67. The first-order valence-electron chi connectivity index (χ1n) is 11.7. The highest BCUT2D eigenvalue weighted by Crippen LogP contribution is 2.43. The van der Waals surface area contributed by atoms with Crippen LogP contribution in [0.25, 0.3) is 0 Å². The van der Waals surface area contributed by atoms with Crippen LogP contribution in [0.15, 0.2) is 75.2 Å². The summed E-state index contributed by atoms with van der Waals surface area (Å²) in [5.74, 6) is -0.142. The van der Waals surface area contributed by atoms with Gasteiger partial charge in [0.05, 0.1) is 43.9 Å². The monoisotopic (exact) mass is 494 g/mol. The van der Waals surface area contributed by atoms with E-state index in [2.05, 4.69) is 0 Å². The van der Waals surface area contributed by atoms with Crippen LogP contribution in [0, 0.1) is 0 Å². The lowest BCUT2D eigenvalue weighted by molar-refractivity contribution is -0.130. The van der Waals surface area contributed by atoms with Crippen LogP contribution in [-0.2, 0) is 4.79 Å². The molecule has 2 unspecified atom stereocenters. The van der Waals surface area contributed by atoms with Crippen LogP contribution >= 0.6 is 0 Å². The number of rotatable bonds is 11. The van der Waals surface area contributed by atoms with E-state index in [-0.39, 0.29) is 23.9 Å². The number of nitrogens with zero attached hydrogens (tertiary/aromatic N) is 2. The van der Waals surface area contributed by atoms with Crippen LogP contribution in [0.1, 0.15) is 47.3 Å². The number of benzene rings is 1. The lowest BCUT2D eigenvalue weighted by atomic mass is 9.94. The van der Waals surface area contributed by atoms with Gasteiger partial charge in [-0.25, -0.2) is 0 Å². The average molecular weight is 495 g/mol. The minimum atomic E-state index is -0.887. The number of hydrogen-bond donors (Lipinski definition) is 1. The molecule has 1 aliphatic heterocycles. The molecule has 4 rings (SSSR count). The summed E-state index contributed by atoms with van der Waals surface area (Å²) in [4.78, 5) is 30.2. The van der Waals surface area contributed by atoms with Crippen LogP contribution in [0.3, 0.4) is 0 Å². The SMILES string of the molecule is CCCOc1ccc(C2C(C(=O)c3ccco3)=C(O)C(=O)N2CC(c2ccco2)N(C)C)cc1OC. The Hall–Kier alpha value is -3.98. The van der Waals surface area contributed by atoms with Gasteiger partial charge in [0.25, 0.3) is 5.91 Å². The van der Waals surface area contributed by atoms with Crippen molar-refractivity contribution in [3.63, 3.8) is 0 Å². The number of furan rings is 2. The molecule has 36 heavy (non-hydrogen) atoms. The van der Waals surface area contributed by atoms with Crippen molar-refractivity contribution in [1.29, 1.82) is 0 Å². The number of amides is 1. The van der Waals surface area contributed by atoms with Gasteiger partial charge in [-0.15, -0.1) is 0 Å². The average Bonchev–Trinajstić information content (AvgIpc) is 3.64. The predicted molar refractivity (Wildman–Crippen MR) is 131 cm³/mol. The summed E-state index contributed by atoms with van der Waals surface area (Å²) < 4.78 is 22.2. The number of ether oxygens (including phenoxy) is 2. The van der Waals surface area contributed by atoms with Crippen molar-refractivity contribution in [2.24, 2.45) is 0 Å². The molecule has 0 aliphatic carbocycles. The minimum absolute atomic E-state index is 0.0289. The molecule has 0 radical (unpaired) electrons. The van der Waals surface area contributed by atoms with E-state index in [9.17, 15) is 14.7 Å². The van der Waals surface area contributed by atoms with E-state index in [4.69, 9.17) is 18.3 Å². The van der Waals surface area contributed by atoms with Crippen molar-refractivity contribution in [2.75, 3.05) is 34.4 Å². The normalized spacial score (nSPS) is 16.6. The van der Waals surface area contributed by atoms with E-state index in [0.29, 0.717) is 29.4 Å². The molecule has 0 bridgehead atoms. The summed E-state index contributed by atoms with van der Waals surface area (Å²) in [6.07, 6.45) is 3.76. The zero-order valence-electron chi connectivity index (χ0n) is 20.8. The van der Waals surface area contributed by atoms with Crippen molar-refractivity contribution < 1.29 is 33.0 Å². The Bertz CT molecular complexity index is 1230. The highest BCUT2D eigenvalue weighted by atomic mass is 16.5. The molecule has 0 saturated carbocycles. The molecule has 0 fully saturated rings. The van der Waals surface area contributed by atoms with Gasteiger partial charge in [-0.3, -0.25) is 14.5 Å². The maximum absolute atomic E-state index is 13.4. The maximum Gasteiger partial charge on any atom is 0.290 e. The first-order chi connectivity index (χ1) is 17.4. The molecule has 190 valence electrons. The number of likely N-dealkylation sites (N-methyl/N-ethyl adjacent to an activating group) is 1. The molecule has 1 aliphatic rings. The fourth-order valence-electron chi connectivity index (χ4n) is 4.32. The quantitative estimate of drug-likeness (QED) is 0.387. The zero-order chi connectivity index (χ0) is 25.8. The van der Waals surface area contributed by atoms with Gasteiger partial charge in [-0.2, -0.15) is 0 Å². The van der Waals surface area contributed by atoms with Crippen molar-refractivity contribution in [2.45, 2.75) is 25.4 Å². The fraction of sp³-hybridized carbons (Fsp3) is 0.333. The topological polar surface area (TPSA) is 106 Å². The molecule has 0 spiro atoms. The van der Waals surface area contributed by atoms with Gasteiger partial charge < -0.3 is 28.3 Å². The van der Waals surface area contributed by atoms with E-state index >= 15 is 0 Å². The third kappa shape index (κ3) is 4.74. The van der Waals surface area contributed by atoms with Crippen LogP contribution in [-0.4, -0.2) is 61.0 Å². The summed E-state index contributed by atoms with van der Waals surface area (Å²) >= 11 is 0. The molecule has 0 saturated heterocycles. The Labute approximate surface area is 209 Å². The number of hydrogen-bond acceptors (Lipinski definition) is 8. The standard InChI is InChI=1S/C27H30N2O7/c1-5-12-34-20-11-10-17(15-22(20)33-4)24-23(25(30)21-9-7-14-36-21)26(31)27(32)29(24)16-18(28(2)3)19-8-6-13-35-19/h6-11,13-15,18,24,31H,5,12,16H2,1-4H3. The third-order valence-corrected chi connectivity index (χ3v) is 6.12. The second kappa shape index (κ2) is 10.7. The highest BCUT2D eigenvalue weighted by molar-refractivity contribution is 6.15. The molecule has 2 atom stereocenters. The number of aliphatic hydroxyl groups is 1. The lowest BCUT2D eigenvalue weighted by Crippen LogP contribution is -2.38. The minimum Gasteiger partial charge on any atom is -0.503 e. The number of ketones is 1. The Morgan fingerprint density at radius 2 is 1.89 bits per heavy atom. The number of carbonyl (C=O) groups is 2. The van der Waals surface area contributed by atoms with E-state index in [1.807, 2.05) is 32.0 Å². The van der Waals surface area contributed by atoms with E-state index in [1.165, 1.54) is 24.3 Å². The molecule has 1 amide bonds. The molecule has 3 aromatic rings. The molecular weight excluding hydrogens is 464 g/mol. The van der Waals surface area contributed by atoms with E-state index in [1.54, 1.807) is 36.6 Å². The molecule has 1 aromatic carbocycles. The van der Waals surface area contributed by atoms with Gasteiger partial charge in [0, 0.05) is 6.54 Å². The third-order valence-electron chi connectivity index (χ3n) is 6.12. The molecule has 9 heteroatoms. The van der Waals surface area contributed by atoms with Gasteiger partial charge in [-0.1, -0.05) is 13.0 Å². The summed E-state index contributed by atoms with van der Waals surface area (Å²) in [5.41, 5.74) is 0.524. The molecule has 2 aromatic heterocycles. The predicted octanol–water partition coefficient (Wildman–Crippen LogP) is 4.55. The summed E-state index contributed by atoms with van der Waals surface area (Å²) in [5, 5.41) is 10.9. The molecule has 1 N–H and O–H groups in total. The smallest absolute Gasteiger partial charge is 0.290 e. The highest BCUT2D eigenvalue weighted by Gasteiger charge is 2.46. The number of Topliss-reactive ketones (excluding diaryl/α,β-unsaturated/α-hetero) is 1. The number of carbonyl (C=O) groups excluding carboxylic acids is 2. The Balaban J connectivity index is 1.80. The molecular formula is C27H30N2O7. The zero-order valence-corrected chi connectivity index (χ0v) is 20.8. The van der Waals surface area contributed by atoms with Gasteiger partial charge >= 0.3 is 0 Å². The van der Waals surface area contributed by atoms with Crippen LogP contribution in [0.5, 0.6) is 11.5 Å². The van der Waals surface area contributed by atoms with E-state index in [0.717, 1.165) is 6.42 Å².